The number of carbonyl (C=O) groups excluding carboxylic acids is 5. The molecule has 5 N–H and O–H groups in total. The molecule has 2 aromatic rings. The van der Waals surface area contributed by atoms with Crippen molar-refractivity contribution in [1.82, 2.24) is 26.2 Å². The predicted octanol–water partition coefficient (Wildman–Crippen LogP) is 5.10. The molecule has 1 aliphatic rings. The van der Waals surface area contributed by atoms with Crippen LogP contribution in [-0.2, 0) is 46.3 Å². The van der Waals surface area contributed by atoms with Crippen LogP contribution in [0.15, 0.2) is 60.7 Å². The van der Waals surface area contributed by atoms with Gasteiger partial charge in [-0.15, -0.1) is 12.3 Å². The Morgan fingerprint density at radius 3 is 1.89 bits per heavy atom. The predicted molar refractivity (Wildman–Crippen MR) is 246 cm³/mol. The van der Waals surface area contributed by atoms with Crippen molar-refractivity contribution in [3.8, 4) is 12.3 Å². The topological polar surface area (TPSA) is 192 Å². The average Bonchev–Trinajstić information content (AvgIpc) is 3.24. The average molecular weight is 972 g/mol. The first kappa shape index (κ1) is 51.8. The number of nitrogens with zero attached hydrogens (tertiary/aromatic N) is 1. The van der Waals surface area contributed by atoms with Crippen molar-refractivity contribution in [2.75, 3.05) is 37.3 Å². The molecule has 14 nitrogen and oxygen atoms in total. The smallest absolute Gasteiger partial charge is 0.450 e. The third-order valence-corrected chi connectivity index (χ3v) is 12.4. The molecule has 3 rings (SSSR count). The first-order valence-corrected chi connectivity index (χ1v) is 23.1. The quantitative estimate of drug-likeness (QED) is 0.0279. The highest BCUT2D eigenvalue weighted by atomic mass is 127. The van der Waals surface area contributed by atoms with Crippen LogP contribution in [0.4, 0.5) is 4.79 Å². The van der Waals surface area contributed by atoms with Gasteiger partial charge in [-0.25, -0.2) is 4.79 Å². The number of halogens is 1. The lowest BCUT2D eigenvalue weighted by molar-refractivity contribution is -0.139. The van der Waals surface area contributed by atoms with E-state index in [4.69, 9.17) is 15.9 Å². The molecule has 0 radical (unpaired) electrons. The fraction of sp³-hybridized carbons (Fsp3) is 0.574. The number of aryl methyl sites for hydroxylation is 1. The lowest BCUT2D eigenvalue weighted by Gasteiger charge is -2.37. The van der Waals surface area contributed by atoms with Crippen molar-refractivity contribution in [3.63, 3.8) is 0 Å². The summed E-state index contributed by atoms with van der Waals surface area (Å²) in [7, 11) is 0. The molecule has 1 unspecified atom stereocenters. The Morgan fingerprint density at radius 1 is 0.790 bits per heavy atom. The van der Waals surface area contributed by atoms with Crippen LogP contribution in [0.1, 0.15) is 84.3 Å². The molecule has 15 heteroatoms. The number of terminal acetylenes is 1. The minimum atomic E-state index is -1.52. The van der Waals surface area contributed by atoms with Gasteiger partial charge in [0.15, 0.2) is 5.78 Å². The van der Waals surface area contributed by atoms with Gasteiger partial charge >= 0.3 is 6.16 Å². The zero-order valence-corrected chi connectivity index (χ0v) is 39.0. The van der Waals surface area contributed by atoms with E-state index < -0.39 is 65.3 Å². The van der Waals surface area contributed by atoms with E-state index in [9.17, 15) is 33.9 Å². The van der Waals surface area contributed by atoms with E-state index in [0.717, 1.165) is 11.1 Å². The van der Waals surface area contributed by atoms with Crippen LogP contribution in [0.25, 0.3) is 0 Å². The molecule has 2 aromatic carbocycles. The number of ketones is 1. The molecule has 1 fully saturated rings. The standard InChI is InChI=1S/C47H66IN5O9/c1-7-8-11-20-40(62-46(59)60)47(6,31-48)42(55)37(27-32(2)3)50-45(58)39(29-35-18-14-10-15-19-35)52-44(57)38(28-33(4)5)51-43(56)36(22-21-34-16-12-9-13-17-34)49-41(54)30-53-23-25-61-26-24-53/h1,9-10,12-19,32-33,36-40H,8,11,20-31H2,2-6H3,(H,49,54)(H,50,58)(H,51,56)(H,52,57)(H,59,60)/t36-,37-,38-,39-,40?,47-/m0/s1. The number of nitrogens with one attached hydrogen (secondary N) is 4. The maximum absolute atomic E-state index is 14.6. The lowest BCUT2D eigenvalue weighted by Crippen LogP contribution is -2.60. The molecule has 0 spiro atoms. The van der Waals surface area contributed by atoms with E-state index in [0.29, 0.717) is 45.6 Å². The van der Waals surface area contributed by atoms with Crippen molar-refractivity contribution in [3.05, 3.63) is 71.8 Å². The number of hydrogen-bond donors (Lipinski definition) is 5. The number of carbonyl (C=O) groups is 6. The highest BCUT2D eigenvalue weighted by Crippen LogP contribution is 2.34. The Balaban J connectivity index is 1.91. The maximum atomic E-state index is 14.6. The molecule has 1 saturated heterocycles. The summed E-state index contributed by atoms with van der Waals surface area (Å²) >= 11 is 2.04. The Hall–Kier alpha value is -4.53. The van der Waals surface area contributed by atoms with Crippen molar-refractivity contribution in [1.29, 1.82) is 0 Å². The van der Waals surface area contributed by atoms with Crippen LogP contribution in [0.2, 0.25) is 0 Å². The van der Waals surface area contributed by atoms with Gasteiger partial charge in [0.1, 0.15) is 24.2 Å². The fourth-order valence-corrected chi connectivity index (χ4v) is 8.30. The monoisotopic (exact) mass is 971 g/mol. The number of ether oxygens (including phenoxy) is 2. The summed E-state index contributed by atoms with van der Waals surface area (Å²) in [6, 6.07) is 14.5. The second kappa shape index (κ2) is 26.8. The van der Waals surface area contributed by atoms with Gasteiger partial charge in [-0.05, 0) is 68.4 Å². The van der Waals surface area contributed by atoms with Crippen LogP contribution in [-0.4, -0.2) is 113 Å². The highest BCUT2D eigenvalue weighted by Gasteiger charge is 2.46. The molecule has 62 heavy (non-hydrogen) atoms. The summed E-state index contributed by atoms with van der Waals surface area (Å²) < 4.78 is 10.9. The van der Waals surface area contributed by atoms with E-state index in [1.165, 1.54) is 0 Å². The Bertz CT molecular complexity index is 1780. The Labute approximate surface area is 380 Å². The summed E-state index contributed by atoms with van der Waals surface area (Å²) in [4.78, 5) is 84.6. The third kappa shape index (κ3) is 17.7. The number of hydrogen-bond acceptors (Lipinski definition) is 9. The van der Waals surface area contributed by atoms with Gasteiger partial charge in [-0.3, -0.25) is 28.9 Å². The van der Waals surface area contributed by atoms with Gasteiger partial charge < -0.3 is 35.8 Å². The van der Waals surface area contributed by atoms with E-state index in [1.807, 2.05) is 116 Å². The van der Waals surface area contributed by atoms with Crippen LogP contribution < -0.4 is 21.3 Å². The molecule has 0 aromatic heterocycles. The summed E-state index contributed by atoms with van der Waals surface area (Å²) in [6.45, 7) is 11.6. The van der Waals surface area contributed by atoms with Gasteiger partial charge in [0.25, 0.3) is 0 Å². The van der Waals surface area contributed by atoms with Gasteiger partial charge in [0.2, 0.25) is 23.6 Å². The number of amides is 4. The third-order valence-electron chi connectivity index (χ3n) is 10.9. The normalized spacial score (nSPS) is 16.4. The SMILES string of the molecule is C#CCCCC(OC(=O)O)[C@](C)(CI)C(=O)[C@H](CC(C)C)NC(=O)[C@H](Cc1ccccc1)NC(=O)[C@H](CC(C)C)NC(=O)[C@H](CCc1ccccc1)NC(=O)CN1CCOCC1. The molecule has 0 bridgehead atoms. The van der Waals surface area contributed by atoms with Gasteiger partial charge in [-0.1, -0.05) is 111 Å². The van der Waals surface area contributed by atoms with Gasteiger partial charge in [-0.2, -0.15) is 0 Å². The first-order chi connectivity index (χ1) is 29.6. The van der Waals surface area contributed by atoms with Gasteiger partial charge in [0.05, 0.1) is 31.2 Å². The number of unbranched alkanes of at least 4 members (excludes halogenated alkanes) is 1. The molecular weight excluding hydrogens is 905 g/mol. The van der Waals surface area contributed by atoms with Crippen molar-refractivity contribution in [2.45, 2.75) is 116 Å². The van der Waals surface area contributed by atoms with Crippen molar-refractivity contribution >= 4 is 58.2 Å². The molecule has 0 aliphatic carbocycles. The molecule has 4 amide bonds. The molecule has 340 valence electrons. The first-order valence-electron chi connectivity index (χ1n) is 21.6. The minimum Gasteiger partial charge on any atom is -0.450 e. The zero-order valence-electron chi connectivity index (χ0n) is 36.8. The van der Waals surface area contributed by atoms with Crippen LogP contribution in [0, 0.1) is 29.6 Å². The number of morpholine rings is 1. The summed E-state index contributed by atoms with van der Waals surface area (Å²) in [5.41, 5.74) is 0.411. The Kier molecular flexibility index (Phi) is 22.4. The summed E-state index contributed by atoms with van der Waals surface area (Å²) in [5, 5.41) is 21.3. The summed E-state index contributed by atoms with van der Waals surface area (Å²) in [6.07, 6.45) is 5.25. The van der Waals surface area contributed by atoms with Crippen LogP contribution >= 0.6 is 22.6 Å². The van der Waals surface area contributed by atoms with E-state index in [2.05, 4.69) is 27.2 Å². The number of alkyl halides is 1. The zero-order chi connectivity index (χ0) is 45.7. The van der Waals surface area contributed by atoms with E-state index in [-0.39, 0.29) is 60.8 Å². The second-order valence-corrected chi connectivity index (χ2v) is 17.8. The lowest BCUT2D eigenvalue weighted by atomic mass is 9.75. The van der Waals surface area contributed by atoms with Gasteiger partial charge in [0, 0.05) is 30.4 Å². The van der Waals surface area contributed by atoms with Crippen molar-refractivity contribution < 1.29 is 43.3 Å². The number of carboxylic acid groups (broad SMARTS) is 1. The van der Waals surface area contributed by atoms with Crippen molar-refractivity contribution in [2.24, 2.45) is 17.3 Å². The summed E-state index contributed by atoms with van der Waals surface area (Å²) in [5.74, 6) is -0.0251. The number of rotatable bonds is 26. The molecular formula is C47H66IN5O9. The van der Waals surface area contributed by atoms with Crippen LogP contribution in [0.3, 0.4) is 0 Å². The number of Topliss-reactive ketones (excluding diaryl/α,β-unsaturated/α-hetero) is 1. The molecule has 1 aliphatic heterocycles. The minimum absolute atomic E-state index is 0.0493. The largest absolute Gasteiger partial charge is 0.506 e. The second-order valence-electron chi connectivity index (χ2n) is 17.0. The van der Waals surface area contributed by atoms with E-state index >= 15 is 0 Å². The highest BCUT2D eigenvalue weighted by molar-refractivity contribution is 14.1. The Morgan fingerprint density at radius 2 is 1.32 bits per heavy atom. The van der Waals surface area contributed by atoms with Crippen LogP contribution in [0.5, 0.6) is 0 Å². The molecule has 0 saturated carbocycles. The fourth-order valence-electron chi connectivity index (χ4n) is 7.44. The maximum Gasteiger partial charge on any atom is 0.506 e. The molecule has 1 heterocycles. The number of benzene rings is 2. The van der Waals surface area contributed by atoms with E-state index in [1.54, 1.807) is 6.92 Å². The molecule has 6 atom stereocenters.